The Kier molecular flexibility index (Phi) is 4.90. The number of para-hydroxylation sites is 2. The zero-order chi connectivity index (χ0) is 27.6. The van der Waals surface area contributed by atoms with Gasteiger partial charge in [-0.3, -0.25) is 4.98 Å². The third kappa shape index (κ3) is 3.37. The van der Waals surface area contributed by atoms with Gasteiger partial charge in [-0.25, -0.2) is 0 Å². The van der Waals surface area contributed by atoms with Gasteiger partial charge in [-0.1, -0.05) is 84.9 Å². The molecule has 3 heterocycles. The lowest BCUT2D eigenvalue weighted by atomic mass is 10.0. The fourth-order valence-corrected chi connectivity index (χ4v) is 6.65. The average Bonchev–Trinajstić information content (AvgIpc) is 3.57. The highest BCUT2D eigenvalue weighted by molar-refractivity contribution is 6.12. The highest BCUT2D eigenvalue weighted by Crippen LogP contribution is 2.38. The van der Waals surface area contributed by atoms with Crippen LogP contribution in [0.1, 0.15) is 0 Å². The molecule has 6 aromatic carbocycles. The van der Waals surface area contributed by atoms with Gasteiger partial charge in [-0.2, -0.15) is 0 Å². The summed E-state index contributed by atoms with van der Waals surface area (Å²) in [6, 6.07) is 50.4. The second kappa shape index (κ2) is 8.92. The molecule has 0 spiro atoms. The average molecular weight is 536 g/mol. The van der Waals surface area contributed by atoms with Crippen molar-refractivity contribution < 1.29 is 0 Å². The standard InChI is InChI=1S/C39H25N3/c1-2-10-30(11-3-1)41-37-19-16-28(23-35(37)34-20-21-40-25-39(34)41)29-15-18-33-32-12-6-7-13-36(32)42(38(33)24-29)31-17-14-26-8-4-5-9-27(26)22-31/h1-25H. The largest absolute Gasteiger partial charge is 0.309 e. The Morgan fingerprint density at radius 2 is 1.07 bits per heavy atom. The van der Waals surface area contributed by atoms with Crippen LogP contribution < -0.4 is 0 Å². The summed E-state index contributed by atoms with van der Waals surface area (Å²) in [5.74, 6) is 0. The third-order valence-electron chi connectivity index (χ3n) is 8.58. The lowest BCUT2D eigenvalue weighted by Gasteiger charge is -2.11. The van der Waals surface area contributed by atoms with Crippen LogP contribution >= 0.6 is 0 Å². The molecule has 0 radical (unpaired) electrons. The Morgan fingerprint density at radius 1 is 0.381 bits per heavy atom. The summed E-state index contributed by atoms with van der Waals surface area (Å²) < 4.78 is 4.72. The van der Waals surface area contributed by atoms with E-state index in [2.05, 4.69) is 154 Å². The van der Waals surface area contributed by atoms with E-state index in [1.807, 2.05) is 12.4 Å². The molecule has 0 saturated heterocycles. The Bertz CT molecular complexity index is 2460. The minimum atomic E-state index is 1.11. The number of aromatic nitrogens is 3. The lowest BCUT2D eigenvalue weighted by Crippen LogP contribution is -1.94. The Labute approximate surface area is 242 Å². The van der Waals surface area contributed by atoms with Crippen molar-refractivity contribution in [3.05, 3.63) is 152 Å². The van der Waals surface area contributed by atoms with Gasteiger partial charge in [-0.05, 0) is 76.5 Å². The highest BCUT2D eigenvalue weighted by atomic mass is 15.0. The summed E-state index contributed by atoms with van der Waals surface area (Å²) in [5, 5.41) is 7.45. The summed E-state index contributed by atoms with van der Waals surface area (Å²) in [7, 11) is 0. The molecule has 0 bridgehead atoms. The smallest absolute Gasteiger partial charge is 0.0724 e. The summed E-state index contributed by atoms with van der Waals surface area (Å²) >= 11 is 0. The number of rotatable bonds is 3. The number of benzene rings is 6. The zero-order valence-corrected chi connectivity index (χ0v) is 22.8. The van der Waals surface area contributed by atoms with E-state index in [0.717, 1.165) is 11.2 Å². The van der Waals surface area contributed by atoms with Crippen molar-refractivity contribution in [3.8, 4) is 22.5 Å². The molecule has 0 N–H and O–H groups in total. The van der Waals surface area contributed by atoms with Crippen LogP contribution in [0.2, 0.25) is 0 Å². The summed E-state index contributed by atoms with van der Waals surface area (Å²) in [6.45, 7) is 0. The van der Waals surface area contributed by atoms with Gasteiger partial charge in [-0.15, -0.1) is 0 Å². The normalized spacial score (nSPS) is 11.8. The number of hydrogen-bond donors (Lipinski definition) is 0. The minimum Gasteiger partial charge on any atom is -0.309 e. The van der Waals surface area contributed by atoms with Crippen LogP contribution in [0.3, 0.4) is 0 Å². The van der Waals surface area contributed by atoms with E-state index >= 15 is 0 Å². The van der Waals surface area contributed by atoms with Crippen molar-refractivity contribution in [2.45, 2.75) is 0 Å². The number of fused-ring (bicyclic) bond motifs is 7. The number of pyridine rings is 1. The predicted octanol–water partition coefficient (Wildman–Crippen LogP) is 10.1. The molecule has 0 fully saturated rings. The molecule has 0 amide bonds. The van der Waals surface area contributed by atoms with E-state index in [9.17, 15) is 0 Å². The Hall–Kier alpha value is -5.67. The third-order valence-corrected chi connectivity index (χ3v) is 8.58. The predicted molar refractivity (Wildman–Crippen MR) is 176 cm³/mol. The van der Waals surface area contributed by atoms with E-state index in [0.29, 0.717) is 0 Å². The molecule has 0 aliphatic carbocycles. The van der Waals surface area contributed by atoms with E-state index in [4.69, 9.17) is 0 Å². The van der Waals surface area contributed by atoms with Gasteiger partial charge < -0.3 is 9.13 Å². The molecule has 0 aliphatic heterocycles. The molecule has 9 rings (SSSR count). The van der Waals surface area contributed by atoms with Crippen LogP contribution in [0.15, 0.2) is 152 Å². The van der Waals surface area contributed by atoms with Crippen LogP contribution in [0.4, 0.5) is 0 Å². The second-order valence-electron chi connectivity index (χ2n) is 10.9. The van der Waals surface area contributed by atoms with Gasteiger partial charge >= 0.3 is 0 Å². The zero-order valence-electron chi connectivity index (χ0n) is 22.8. The van der Waals surface area contributed by atoms with Crippen molar-refractivity contribution in [1.82, 2.24) is 14.1 Å². The van der Waals surface area contributed by atoms with Gasteiger partial charge in [0, 0.05) is 39.1 Å². The number of hydrogen-bond acceptors (Lipinski definition) is 1. The van der Waals surface area contributed by atoms with Crippen LogP contribution in [-0.4, -0.2) is 14.1 Å². The second-order valence-corrected chi connectivity index (χ2v) is 10.9. The number of nitrogens with zero attached hydrogens (tertiary/aromatic N) is 3. The Morgan fingerprint density at radius 3 is 2.00 bits per heavy atom. The molecule has 0 atom stereocenters. The molecular formula is C39H25N3. The molecule has 3 heteroatoms. The van der Waals surface area contributed by atoms with Crippen molar-refractivity contribution in [3.63, 3.8) is 0 Å². The SMILES string of the molecule is c1ccc(-n2c3ccc(-c4ccc5c6ccccc6n(-c6ccc7ccccc7c6)c5c4)cc3c3ccncc32)cc1. The molecule has 3 aromatic heterocycles. The topological polar surface area (TPSA) is 22.8 Å². The maximum Gasteiger partial charge on any atom is 0.0724 e. The first-order valence-corrected chi connectivity index (χ1v) is 14.3. The highest BCUT2D eigenvalue weighted by Gasteiger charge is 2.16. The fourth-order valence-electron chi connectivity index (χ4n) is 6.65. The molecule has 9 aromatic rings. The molecule has 0 aliphatic rings. The molecular weight excluding hydrogens is 510 g/mol. The first-order chi connectivity index (χ1) is 20.8. The van der Waals surface area contributed by atoms with Crippen LogP contribution in [0.25, 0.3) is 76.9 Å². The first-order valence-electron chi connectivity index (χ1n) is 14.3. The van der Waals surface area contributed by atoms with Crippen molar-refractivity contribution >= 4 is 54.4 Å². The minimum absolute atomic E-state index is 1.11. The monoisotopic (exact) mass is 535 g/mol. The molecule has 42 heavy (non-hydrogen) atoms. The quantitative estimate of drug-likeness (QED) is 0.221. The fraction of sp³-hybridized carbons (Fsp3) is 0. The van der Waals surface area contributed by atoms with E-state index < -0.39 is 0 Å². The first kappa shape index (κ1) is 23.1. The summed E-state index contributed by atoms with van der Waals surface area (Å²) in [6.07, 6.45) is 3.86. The summed E-state index contributed by atoms with van der Waals surface area (Å²) in [5.41, 5.74) is 9.42. The van der Waals surface area contributed by atoms with Crippen molar-refractivity contribution in [2.75, 3.05) is 0 Å². The van der Waals surface area contributed by atoms with Gasteiger partial charge in [0.25, 0.3) is 0 Å². The van der Waals surface area contributed by atoms with Crippen molar-refractivity contribution in [2.24, 2.45) is 0 Å². The molecule has 0 saturated carbocycles. The van der Waals surface area contributed by atoms with E-state index in [-0.39, 0.29) is 0 Å². The maximum absolute atomic E-state index is 4.46. The molecule has 0 unspecified atom stereocenters. The Balaban J connectivity index is 1.28. The molecule has 196 valence electrons. The van der Waals surface area contributed by atoms with Crippen molar-refractivity contribution in [1.29, 1.82) is 0 Å². The van der Waals surface area contributed by atoms with Crippen LogP contribution in [-0.2, 0) is 0 Å². The molecule has 3 nitrogen and oxygen atoms in total. The van der Waals surface area contributed by atoms with Crippen LogP contribution in [0, 0.1) is 0 Å². The van der Waals surface area contributed by atoms with Gasteiger partial charge in [0.1, 0.15) is 0 Å². The van der Waals surface area contributed by atoms with E-state index in [1.54, 1.807) is 0 Å². The van der Waals surface area contributed by atoms with Crippen LogP contribution in [0.5, 0.6) is 0 Å². The van der Waals surface area contributed by atoms with Gasteiger partial charge in [0.05, 0.1) is 28.3 Å². The maximum atomic E-state index is 4.46. The summed E-state index contributed by atoms with van der Waals surface area (Å²) in [4.78, 5) is 4.46. The lowest BCUT2D eigenvalue weighted by molar-refractivity contribution is 1.17. The van der Waals surface area contributed by atoms with E-state index in [1.165, 1.54) is 65.7 Å². The van der Waals surface area contributed by atoms with Gasteiger partial charge in [0.2, 0.25) is 0 Å². The van der Waals surface area contributed by atoms with Gasteiger partial charge in [0.15, 0.2) is 0 Å².